The van der Waals surface area contributed by atoms with Crippen molar-refractivity contribution in [3.8, 4) is 11.5 Å². The first-order chi connectivity index (χ1) is 11.6. The number of rotatable bonds is 7. The van der Waals surface area contributed by atoms with Crippen molar-refractivity contribution >= 4 is 6.03 Å². The number of urea groups is 1. The summed E-state index contributed by atoms with van der Waals surface area (Å²) in [5.41, 5.74) is 2.79. The van der Waals surface area contributed by atoms with E-state index < -0.39 is 6.10 Å². The minimum Gasteiger partial charge on any atom is -0.508 e. The predicted molar refractivity (Wildman–Crippen MR) is 87.8 cm³/mol. The van der Waals surface area contributed by atoms with Crippen molar-refractivity contribution in [1.82, 2.24) is 15.3 Å². The lowest BCUT2D eigenvalue weighted by atomic mass is 10.3. The lowest BCUT2D eigenvalue weighted by Gasteiger charge is -2.31. The van der Waals surface area contributed by atoms with E-state index >= 15 is 0 Å². The number of ether oxygens (including phenoxy) is 2. The molecule has 8 heteroatoms. The number of nitrogens with one attached hydrogen (secondary N) is 1. The van der Waals surface area contributed by atoms with E-state index in [2.05, 4.69) is 5.43 Å². The third-order valence-corrected chi connectivity index (χ3v) is 3.64. The van der Waals surface area contributed by atoms with Crippen LogP contribution in [-0.4, -0.2) is 78.3 Å². The molecule has 0 aromatic heterocycles. The van der Waals surface area contributed by atoms with Gasteiger partial charge in [0.1, 0.15) is 24.2 Å². The minimum absolute atomic E-state index is 0.0920. The van der Waals surface area contributed by atoms with Crippen molar-refractivity contribution < 1.29 is 24.5 Å². The number of aromatic hydroxyl groups is 1. The molecule has 0 bridgehead atoms. The first kappa shape index (κ1) is 18.3. The summed E-state index contributed by atoms with van der Waals surface area (Å²) in [6, 6.07) is 6.09. The molecule has 1 unspecified atom stereocenters. The van der Waals surface area contributed by atoms with E-state index in [1.165, 1.54) is 12.1 Å². The highest BCUT2D eigenvalue weighted by Crippen LogP contribution is 2.16. The molecule has 1 aromatic carbocycles. The standard InChI is InChI=1S/C16H25N3O5/c1-2-19(17-16(22)18-7-9-23-10-8-18)11-14(21)12-24-15-5-3-13(20)4-6-15/h3-6,14,20-21H,2,7-12H2,1H3,(H,17,22). The van der Waals surface area contributed by atoms with Crippen LogP contribution in [0.15, 0.2) is 24.3 Å². The Labute approximate surface area is 141 Å². The van der Waals surface area contributed by atoms with E-state index in [0.29, 0.717) is 38.6 Å². The third kappa shape index (κ3) is 5.88. The minimum atomic E-state index is -0.760. The summed E-state index contributed by atoms with van der Waals surface area (Å²) in [5.74, 6) is 0.720. The molecular weight excluding hydrogens is 314 g/mol. The molecule has 3 N–H and O–H groups in total. The SMILES string of the molecule is CCN(CC(O)COc1ccc(O)cc1)NC(=O)N1CCOCC1. The smallest absolute Gasteiger partial charge is 0.332 e. The zero-order chi connectivity index (χ0) is 17.4. The number of carbonyl (C=O) groups excluding carboxylic acids is 1. The van der Waals surface area contributed by atoms with Gasteiger partial charge in [0.2, 0.25) is 0 Å². The number of likely N-dealkylation sites (N-methyl/N-ethyl adjacent to an activating group) is 1. The Morgan fingerprint density at radius 1 is 1.38 bits per heavy atom. The van der Waals surface area contributed by atoms with Crippen LogP contribution >= 0.6 is 0 Å². The number of nitrogens with zero attached hydrogens (tertiary/aromatic N) is 2. The van der Waals surface area contributed by atoms with Gasteiger partial charge in [-0.1, -0.05) is 6.92 Å². The molecule has 134 valence electrons. The van der Waals surface area contributed by atoms with Gasteiger partial charge in [0, 0.05) is 26.2 Å². The van der Waals surface area contributed by atoms with E-state index in [9.17, 15) is 15.0 Å². The highest BCUT2D eigenvalue weighted by Gasteiger charge is 2.20. The van der Waals surface area contributed by atoms with Gasteiger partial charge < -0.3 is 24.6 Å². The van der Waals surface area contributed by atoms with E-state index in [4.69, 9.17) is 9.47 Å². The molecule has 1 saturated heterocycles. The fraction of sp³-hybridized carbons (Fsp3) is 0.562. The van der Waals surface area contributed by atoms with Crippen molar-refractivity contribution in [1.29, 1.82) is 0 Å². The lowest BCUT2D eigenvalue weighted by molar-refractivity contribution is 0.0335. The molecular formula is C16H25N3O5. The molecule has 2 amide bonds. The number of aliphatic hydroxyl groups excluding tert-OH is 1. The lowest BCUT2D eigenvalue weighted by Crippen LogP contribution is -2.54. The quantitative estimate of drug-likeness (QED) is 0.623. The van der Waals surface area contributed by atoms with Gasteiger partial charge in [0.25, 0.3) is 0 Å². The fourth-order valence-corrected chi connectivity index (χ4v) is 2.27. The number of benzene rings is 1. The van der Waals surface area contributed by atoms with Crippen LogP contribution in [0.2, 0.25) is 0 Å². The highest BCUT2D eigenvalue weighted by atomic mass is 16.5. The molecule has 24 heavy (non-hydrogen) atoms. The number of carbonyl (C=O) groups is 1. The van der Waals surface area contributed by atoms with Crippen LogP contribution in [0.5, 0.6) is 11.5 Å². The Kier molecular flexibility index (Phi) is 7.10. The molecule has 0 spiro atoms. The molecule has 1 aliphatic heterocycles. The molecule has 1 fully saturated rings. The van der Waals surface area contributed by atoms with Crippen LogP contribution in [0.1, 0.15) is 6.92 Å². The average Bonchev–Trinajstić information content (AvgIpc) is 2.61. The number of phenols is 1. The third-order valence-electron chi connectivity index (χ3n) is 3.64. The predicted octanol–water partition coefficient (Wildman–Crippen LogP) is 0.411. The van der Waals surface area contributed by atoms with Gasteiger partial charge in [-0.2, -0.15) is 0 Å². The monoisotopic (exact) mass is 339 g/mol. The Balaban J connectivity index is 1.74. The van der Waals surface area contributed by atoms with Crippen LogP contribution in [0.3, 0.4) is 0 Å². The zero-order valence-electron chi connectivity index (χ0n) is 13.9. The number of hydrogen-bond donors (Lipinski definition) is 3. The van der Waals surface area contributed by atoms with Gasteiger partial charge in [0.15, 0.2) is 0 Å². The molecule has 0 radical (unpaired) electrons. The summed E-state index contributed by atoms with van der Waals surface area (Å²) >= 11 is 0. The van der Waals surface area contributed by atoms with Gasteiger partial charge in [-0.25, -0.2) is 9.80 Å². The Morgan fingerprint density at radius 3 is 2.67 bits per heavy atom. The van der Waals surface area contributed by atoms with E-state index in [1.54, 1.807) is 22.0 Å². The number of morpholine rings is 1. The normalized spacial score (nSPS) is 16.0. The first-order valence-electron chi connectivity index (χ1n) is 8.06. The van der Waals surface area contributed by atoms with Gasteiger partial charge >= 0.3 is 6.03 Å². The van der Waals surface area contributed by atoms with Crippen molar-refractivity contribution in [3.05, 3.63) is 24.3 Å². The molecule has 1 aromatic rings. The van der Waals surface area contributed by atoms with E-state index in [0.717, 1.165) is 0 Å². The Hall–Kier alpha value is -2.03. The van der Waals surface area contributed by atoms with Crippen molar-refractivity contribution in [2.75, 3.05) is 46.0 Å². The molecule has 1 heterocycles. The first-order valence-corrected chi connectivity index (χ1v) is 8.06. The molecule has 1 atom stereocenters. The highest BCUT2D eigenvalue weighted by molar-refractivity contribution is 5.73. The topological polar surface area (TPSA) is 94.5 Å². The maximum atomic E-state index is 12.1. The summed E-state index contributed by atoms with van der Waals surface area (Å²) in [7, 11) is 0. The van der Waals surface area contributed by atoms with Crippen LogP contribution in [0.4, 0.5) is 4.79 Å². The molecule has 0 saturated carbocycles. The second-order valence-corrected chi connectivity index (χ2v) is 5.51. The molecule has 0 aliphatic carbocycles. The number of hydrogen-bond acceptors (Lipinski definition) is 6. The summed E-state index contributed by atoms with van der Waals surface area (Å²) in [5, 5.41) is 21.0. The van der Waals surface area contributed by atoms with Gasteiger partial charge in [-0.05, 0) is 24.3 Å². The second-order valence-electron chi connectivity index (χ2n) is 5.51. The Bertz CT molecular complexity index is 505. The van der Waals surface area contributed by atoms with Crippen LogP contribution in [0.25, 0.3) is 0 Å². The van der Waals surface area contributed by atoms with Gasteiger partial charge in [-0.15, -0.1) is 0 Å². The summed E-state index contributed by atoms with van der Waals surface area (Å²) in [6.45, 7) is 5.02. The summed E-state index contributed by atoms with van der Waals surface area (Å²) in [6.07, 6.45) is -0.760. The number of phenolic OH excluding ortho intramolecular Hbond substituents is 1. The average molecular weight is 339 g/mol. The summed E-state index contributed by atoms with van der Waals surface area (Å²) in [4.78, 5) is 13.8. The van der Waals surface area contributed by atoms with Crippen molar-refractivity contribution in [2.45, 2.75) is 13.0 Å². The maximum absolute atomic E-state index is 12.1. The van der Waals surface area contributed by atoms with Gasteiger partial charge in [-0.3, -0.25) is 5.43 Å². The van der Waals surface area contributed by atoms with Crippen LogP contribution < -0.4 is 10.2 Å². The fourth-order valence-electron chi connectivity index (χ4n) is 2.27. The Morgan fingerprint density at radius 2 is 2.04 bits per heavy atom. The van der Waals surface area contributed by atoms with E-state index in [1.807, 2.05) is 6.92 Å². The van der Waals surface area contributed by atoms with Crippen LogP contribution in [-0.2, 0) is 4.74 Å². The largest absolute Gasteiger partial charge is 0.508 e. The molecule has 2 rings (SSSR count). The maximum Gasteiger partial charge on any atom is 0.332 e. The number of amides is 2. The van der Waals surface area contributed by atoms with E-state index in [-0.39, 0.29) is 24.9 Å². The number of hydrazine groups is 1. The van der Waals surface area contributed by atoms with Crippen molar-refractivity contribution in [3.63, 3.8) is 0 Å². The second kappa shape index (κ2) is 9.31. The number of aliphatic hydroxyl groups is 1. The summed E-state index contributed by atoms with van der Waals surface area (Å²) < 4.78 is 10.7. The molecule has 1 aliphatic rings. The zero-order valence-corrected chi connectivity index (χ0v) is 13.9. The molecule has 8 nitrogen and oxygen atoms in total. The van der Waals surface area contributed by atoms with Crippen LogP contribution in [0, 0.1) is 0 Å². The van der Waals surface area contributed by atoms with Crippen molar-refractivity contribution in [2.24, 2.45) is 0 Å². The van der Waals surface area contributed by atoms with Gasteiger partial charge in [0.05, 0.1) is 13.2 Å².